The number of hydrogen-bond donors (Lipinski definition) is 1. The van der Waals surface area contributed by atoms with E-state index in [2.05, 4.69) is 11.9 Å². The first-order chi connectivity index (χ1) is 10.1. The maximum atomic E-state index is 11.8. The first-order valence-electron chi connectivity index (χ1n) is 7.01. The molecule has 0 aromatic heterocycles. The van der Waals surface area contributed by atoms with Crippen molar-refractivity contribution in [1.29, 1.82) is 0 Å². The molecule has 0 aliphatic rings. The van der Waals surface area contributed by atoms with E-state index in [-0.39, 0.29) is 24.6 Å². The molecule has 2 amide bonds. The minimum atomic E-state index is -0.778. The van der Waals surface area contributed by atoms with Crippen LogP contribution >= 0.6 is 0 Å². The summed E-state index contributed by atoms with van der Waals surface area (Å²) in [6.07, 6.45) is 0.733. The first-order valence-corrected chi connectivity index (χ1v) is 7.01. The van der Waals surface area contributed by atoms with Gasteiger partial charge in [0.05, 0.1) is 13.2 Å². The molecule has 0 heterocycles. The average molecular weight is 314 g/mol. The molecule has 22 heavy (non-hydrogen) atoms. The molecule has 126 valence electrons. The van der Waals surface area contributed by atoms with Gasteiger partial charge >= 0.3 is 5.97 Å². The van der Waals surface area contributed by atoms with Gasteiger partial charge < -0.3 is 19.7 Å². The van der Waals surface area contributed by atoms with Crippen LogP contribution in [0.1, 0.15) is 27.7 Å². The zero-order chi connectivity index (χ0) is 17.3. The Labute approximate surface area is 131 Å². The Morgan fingerprint density at radius 3 is 2.41 bits per heavy atom. The van der Waals surface area contributed by atoms with Crippen LogP contribution in [0.3, 0.4) is 0 Å². The van der Waals surface area contributed by atoms with Gasteiger partial charge in [0.15, 0.2) is 12.7 Å². The van der Waals surface area contributed by atoms with Crippen molar-refractivity contribution in [2.75, 3.05) is 26.8 Å². The lowest BCUT2D eigenvalue weighted by atomic mass is 10.1. The fourth-order valence-electron chi connectivity index (χ4n) is 1.40. The molecule has 0 fully saturated rings. The Morgan fingerprint density at radius 2 is 1.91 bits per heavy atom. The zero-order valence-corrected chi connectivity index (χ0v) is 14.0. The third-order valence-corrected chi connectivity index (χ3v) is 2.45. The summed E-state index contributed by atoms with van der Waals surface area (Å²) in [5.74, 6) is -1.38. The lowest BCUT2D eigenvalue weighted by Crippen LogP contribution is -2.47. The molecule has 0 rings (SSSR count). The van der Waals surface area contributed by atoms with Crippen molar-refractivity contribution in [3.8, 4) is 0 Å². The Balaban J connectivity index is 4.18. The molecule has 7 heteroatoms. The third kappa shape index (κ3) is 9.12. The number of carbonyl (C=O) groups excluding carboxylic acids is 3. The second-order valence-corrected chi connectivity index (χ2v) is 5.92. The molecular formula is C15H26N2O5. The largest absolute Gasteiger partial charge is 0.454 e. The molecule has 0 aliphatic heterocycles. The smallest absolute Gasteiger partial charge is 0.335 e. The summed E-state index contributed by atoms with van der Waals surface area (Å²) in [5.41, 5.74) is -0.370. The van der Waals surface area contributed by atoms with Crippen molar-refractivity contribution in [3.63, 3.8) is 0 Å². The number of carbonyl (C=O) groups is 3. The van der Waals surface area contributed by atoms with Gasteiger partial charge in [0.25, 0.3) is 5.91 Å². The quantitative estimate of drug-likeness (QED) is 0.521. The highest BCUT2D eigenvalue weighted by Crippen LogP contribution is 1.99. The molecule has 7 nitrogen and oxygen atoms in total. The Hall–Kier alpha value is -1.89. The van der Waals surface area contributed by atoms with E-state index in [1.807, 2.05) is 20.8 Å². The van der Waals surface area contributed by atoms with Crippen molar-refractivity contribution < 1.29 is 23.9 Å². The minimum Gasteiger partial charge on any atom is -0.454 e. The molecule has 1 unspecified atom stereocenters. The summed E-state index contributed by atoms with van der Waals surface area (Å²) in [6, 6.07) is 0. The van der Waals surface area contributed by atoms with Gasteiger partial charge in [0.2, 0.25) is 5.91 Å². The predicted molar refractivity (Wildman–Crippen MR) is 82.1 cm³/mol. The van der Waals surface area contributed by atoms with E-state index in [0.717, 1.165) is 0 Å². The maximum absolute atomic E-state index is 11.8. The molecule has 0 spiro atoms. The molecule has 0 bridgehead atoms. The fourth-order valence-corrected chi connectivity index (χ4v) is 1.40. The van der Waals surface area contributed by atoms with Crippen LogP contribution in [0.4, 0.5) is 0 Å². The molecular weight excluding hydrogens is 288 g/mol. The second-order valence-electron chi connectivity index (χ2n) is 5.92. The molecule has 0 saturated carbocycles. The number of esters is 1. The predicted octanol–water partition coefficient (Wildman–Crippen LogP) is 0.494. The molecule has 1 N–H and O–H groups in total. The molecule has 0 radical (unpaired) electrons. The summed E-state index contributed by atoms with van der Waals surface area (Å²) >= 11 is 0. The normalized spacial score (nSPS) is 12.2. The summed E-state index contributed by atoms with van der Waals surface area (Å²) < 4.78 is 9.93. The lowest BCUT2D eigenvalue weighted by Gasteiger charge is -2.23. The number of amides is 2. The highest BCUT2D eigenvalue weighted by atomic mass is 16.6. The van der Waals surface area contributed by atoms with Gasteiger partial charge in [-0.2, -0.15) is 0 Å². The van der Waals surface area contributed by atoms with Crippen LogP contribution in [0.5, 0.6) is 0 Å². The lowest BCUT2D eigenvalue weighted by molar-refractivity contribution is -0.160. The number of ether oxygens (including phenoxy) is 2. The summed E-state index contributed by atoms with van der Waals surface area (Å²) in [4.78, 5) is 36.2. The molecule has 0 aromatic carbocycles. The van der Waals surface area contributed by atoms with Gasteiger partial charge in [0.1, 0.15) is 0 Å². The Morgan fingerprint density at radius 1 is 1.32 bits per heavy atom. The molecule has 0 saturated heterocycles. The van der Waals surface area contributed by atoms with Crippen molar-refractivity contribution in [2.45, 2.75) is 39.3 Å². The topological polar surface area (TPSA) is 84.9 Å². The van der Waals surface area contributed by atoms with E-state index in [9.17, 15) is 14.4 Å². The van der Waals surface area contributed by atoms with Crippen LogP contribution in [0.25, 0.3) is 0 Å². The van der Waals surface area contributed by atoms with Gasteiger partial charge in [-0.1, -0.05) is 6.08 Å². The molecule has 0 aromatic rings. The van der Waals surface area contributed by atoms with Crippen molar-refractivity contribution in [3.05, 3.63) is 12.7 Å². The van der Waals surface area contributed by atoms with Crippen molar-refractivity contribution in [1.82, 2.24) is 10.2 Å². The van der Waals surface area contributed by atoms with E-state index >= 15 is 0 Å². The summed E-state index contributed by atoms with van der Waals surface area (Å²) in [6.45, 7) is 10.2. The Bertz CT molecular complexity index is 415. The number of nitrogens with one attached hydrogen (secondary N) is 1. The van der Waals surface area contributed by atoms with Gasteiger partial charge in [-0.3, -0.25) is 9.59 Å². The van der Waals surface area contributed by atoms with E-state index in [4.69, 9.17) is 9.47 Å². The van der Waals surface area contributed by atoms with Crippen LogP contribution in [0.15, 0.2) is 12.7 Å². The van der Waals surface area contributed by atoms with Crippen LogP contribution in [-0.2, 0) is 23.9 Å². The van der Waals surface area contributed by atoms with Crippen LogP contribution in [0, 0.1) is 0 Å². The maximum Gasteiger partial charge on any atom is 0.335 e. The third-order valence-electron chi connectivity index (χ3n) is 2.45. The van der Waals surface area contributed by atoms with Gasteiger partial charge in [-0.25, -0.2) is 4.79 Å². The monoisotopic (exact) mass is 314 g/mol. The van der Waals surface area contributed by atoms with Gasteiger partial charge in [-0.15, -0.1) is 6.58 Å². The number of likely N-dealkylation sites (N-methyl/N-ethyl adjacent to an activating group) is 1. The molecule has 0 aliphatic carbocycles. The first kappa shape index (κ1) is 20.1. The van der Waals surface area contributed by atoms with Crippen LogP contribution in [0.2, 0.25) is 0 Å². The zero-order valence-electron chi connectivity index (χ0n) is 14.0. The van der Waals surface area contributed by atoms with Crippen LogP contribution < -0.4 is 5.32 Å². The average Bonchev–Trinajstić information content (AvgIpc) is 2.39. The standard InChI is InChI=1S/C15H26N2O5/c1-7-8-21-11(2)14(20)22-10-13(19)17(6)9-12(18)16-15(3,4)5/h7,11H,1,8-10H2,2-6H3,(H,16,18). The number of hydrogen-bond acceptors (Lipinski definition) is 5. The van der Waals surface area contributed by atoms with Crippen molar-refractivity contribution in [2.24, 2.45) is 0 Å². The molecule has 1 atom stereocenters. The fraction of sp³-hybridized carbons (Fsp3) is 0.667. The highest BCUT2D eigenvalue weighted by Gasteiger charge is 2.20. The van der Waals surface area contributed by atoms with E-state index in [1.54, 1.807) is 0 Å². The van der Waals surface area contributed by atoms with Gasteiger partial charge in [-0.05, 0) is 27.7 Å². The van der Waals surface area contributed by atoms with E-state index in [1.165, 1.54) is 24.9 Å². The minimum absolute atomic E-state index is 0.101. The van der Waals surface area contributed by atoms with Crippen molar-refractivity contribution >= 4 is 17.8 Å². The van der Waals surface area contributed by atoms with E-state index in [0.29, 0.717) is 0 Å². The number of nitrogens with zero attached hydrogens (tertiary/aromatic N) is 1. The van der Waals surface area contributed by atoms with Gasteiger partial charge in [0, 0.05) is 12.6 Å². The SMILES string of the molecule is C=CCOC(C)C(=O)OCC(=O)N(C)CC(=O)NC(C)(C)C. The summed E-state index contributed by atoms with van der Waals surface area (Å²) in [7, 11) is 1.47. The van der Waals surface area contributed by atoms with Crippen LogP contribution in [-0.4, -0.2) is 61.1 Å². The highest BCUT2D eigenvalue weighted by molar-refractivity contribution is 5.86. The summed E-state index contributed by atoms with van der Waals surface area (Å²) in [5, 5.41) is 2.74. The second kappa shape index (κ2) is 9.19. The Kier molecular flexibility index (Phi) is 8.40. The number of rotatable bonds is 8. The van der Waals surface area contributed by atoms with E-state index < -0.39 is 24.6 Å².